The van der Waals surface area contributed by atoms with Crippen molar-refractivity contribution in [2.24, 2.45) is 0 Å². The summed E-state index contributed by atoms with van der Waals surface area (Å²) in [6.07, 6.45) is 0. The third kappa shape index (κ3) is 4.75. The van der Waals surface area contributed by atoms with Crippen molar-refractivity contribution >= 4 is 23.6 Å². The molecule has 1 unspecified atom stereocenters. The summed E-state index contributed by atoms with van der Waals surface area (Å²) in [7, 11) is 0. The van der Waals surface area contributed by atoms with Gasteiger partial charge in [0.25, 0.3) is 0 Å². The van der Waals surface area contributed by atoms with Crippen molar-refractivity contribution in [1.82, 2.24) is 5.32 Å². The molecule has 0 aliphatic carbocycles. The lowest BCUT2D eigenvalue weighted by molar-refractivity contribution is -0.141. The van der Waals surface area contributed by atoms with Gasteiger partial charge >= 0.3 is 5.97 Å². The molecule has 2 N–H and O–H groups in total. The molecule has 0 bridgehead atoms. The Morgan fingerprint density at radius 1 is 1.39 bits per heavy atom. The maximum atomic E-state index is 12.3. The molecule has 0 heterocycles. The number of aliphatic carboxylic acids is 1. The van der Waals surface area contributed by atoms with Crippen molar-refractivity contribution in [2.75, 3.05) is 12.4 Å². The Bertz CT molecular complexity index is 422. The van der Waals surface area contributed by atoms with Crippen LogP contribution in [0.1, 0.15) is 5.56 Å². The number of carboxylic acids is 1. The number of benzene rings is 1. The van der Waals surface area contributed by atoms with E-state index >= 15 is 0 Å². The first-order valence-corrected chi connectivity index (χ1v) is 6.29. The average Bonchev–Trinajstić information content (AvgIpc) is 2.35. The molecule has 0 aliphatic heterocycles. The number of rotatable bonds is 6. The number of alkyl halides is 1. The number of nitrogens with one attached hydrogen (secondary N) is 1. The summed E-state index contributed by atoms with van der Waals surface area (Å²) in [6, 6.07) is 6.12. The van der Waals surface area contributed by atoms with Crippen LogP contribution in [0.3, 0.4) is 0 Å². The van der Waals surface area contributed by atoms with Gasteiger partial charge in [0.05, 0.1) is 5.75 Å². The van der Waals surface area contributed by atoms with E-state index in [0.717, 1.165) is 10.5 Å². The normalized spacial score (nSPS) is 11.9. The van der Waals surface area contributed by atoms with E-state index in [1.54, 1.807) is 0 Å². The summed E-state index contributed by atoms with van der Waals surface area (Å²) in [6.45, 7) is 0.843. The van der Waals surface area contributed by atoms with Gasteiger partial charge in [0.2, 0.25) is 5.91 Å². The molecule has 0 fully saturated rings. The van der Waals surface area contributed by atoms with Crippen molar-refractivity contribution in [1.29, 1.82) is 0 Å². The molecule has 0 aliphatic rings. The van der Waals surface area contributed by atoms with Crippen LogP contribution in [0, 0.1) is 6.92 Å². The van der Waals surface area contributed by atoms with Gasteiger partial charge in [-0.05, 0) is 19.1 Å². The number of thioether (sulfide) groups is 1. The Balaban J connectivity index is 2.41. The molecule has 0 saturated carbocycles. The first kappa shape index (κ1) is 14.5. The highest BCUT2D eigenvalue weighted by molar-refractivity contribution is 8.00. The highest BCUT2D eigenvalue weighted by Gasteiger charge is 2.19. The van der Waals surface area contributed by atoms with E-state index in [0.29, 0.717) is 0 Å². The molecule has 1 atom stereocenters. The molecular weight excluding hydrogens is 257 g/mol. The molecule has 4 nitrogen and oxygen atoms in total. The van der Waals surface area contributed by atoms with Gasteiger partial charge in [-0.3, -0.25) is 4.79 Å². The fourth-order valence-electron chi connectivity index (χ4n) is 1.19. The van der Waals surface area contributed by atoms with Crippen LogP contribution in [0.15, 0.2) is 29.2 Å². The molecule has 0 radical (unpaired) electrons. The summed E-state index contributed by atoms with van der Waals surface area (Å²) in [5, 5.41) is 10.7. The zero-order chi connectivity index (χ0) is 13.5. The van der Waals surface area contributed by atoms with E-state index in [9.17, 15) is 14.0 Å². The van der Waals surface area contributed by atoms with E-state index in [1.165, 1.54) is 11.8 Å². The van der Waals surface area contributed by atoms with E-state index in [1.807, 2.05) is 31.2 Å². The van der Waals surface area contributed by atoms with Gasteiger partial charge in [-0.1, -0.05) is 17.7 Å². The first-order valence-electron chi connectivity index (χ1n) is 5.30. The third-order valence-electron chi connectivity index (χ3n) is 2.18. The fraction of sp³-hybridized carbons (Fsp3) is 0.333. The Kier molecular flexibility index (Phi) is 5.64. The van der Waals surface area contributed by atoms with Crippen molar-refractivity contribution in [3.63, 3.8) is 0 Å². The second-order valence-electron chi connectivity index (χ2n) is 3.71. The second-order valence-corrected chi connectivity index (χ2v) is 4.76. The number of hydrogen-bond donors (Lipinski definition) is 2. The Hall–Kier alpha value is -1.56. The number of aryl methyl sites for hydroxylation is 1. The number of hydrogen-bond acceptors (Lipinski definition) is 3. The van der Waals surface area contributed by atoms with Gasteiger partial charge in [0, 0.05) is 4.90 Å². The summed E-state index contributed by atoms with van der Waals surface area (Å²) in [5.41, 5.74) is 1.12. The third-order valence-corrected chi connectivity index (χ3v) is 3.19. The maximum Gasteiger partial charge on any atom is 0.328 e. The molecule has 0 aromatic heterocycles. The minimum absolute atomic E-state index is 0.0623. The van der Waals surface area contributed by atoms with Crippen LogP contribution in [0.2, 0.25) is 0 Å². The summed E-state index contributed by atoms with van der Waals surface area (Å²) < 4.78 is 12.3. The van der Waals surface area contributed by atoms with Crippen LogP contribution in [0.4, 0.5) is 4.39 Å². The zero-order valence-electron chi connectivity index (χ0n) is 9.85. The molecular formula is C12H14FNO3S. The number of carboxylic acid groups (broad SMARTS) is 1. The minimum Gasteiger partial charge on any atom is -0.480 e. The maximum absolute atomic E-state index is 12.3. The predicted octanol–water partition coefficient (Wildman–Crippen LogP) is 1.63. The summed E-state index contributed by atoms with van der Waals surface area (Å²) >= 11 is 1.27. The van der Waals surface area contributed by atoms with Crippen molar-refractivity contribution in [3.8, 4) is 0 Å². The SMILES string of the molecule is Cc1ccc(SCC(=O)NC(CF)C(=O)O)cc1. The van der Waals surface area contributed by atoms with Gasteiger partial charge in [0.15, 0.2) is 6.04 Å². The van der Waals surface area contributed by atoms with Crippen LogP contribution in [-0.4, -0.2) is 35.5 Å². The number of amides is 1. The first-order chi connectivity index (χ1) is 8.52. The predicted molar refractivity (Wildman–Crippen MR) is 67.4 cm³/mol. The second kappa shape index (κ2) is 7.00. The van der Waals surface area contributed by atoms with Gasteiger partial charge in [0.1, 0.15) is 6.67 Å². The Labute approximate surface area is 109 Å². The molecule has 1 rings (SSSR count). The molecule has 0 saturated heterocycles. The lowest BCUT2D eigenvalue weighted by Gasteiger charge is -2.10. The van der Waals surface area contributed by atoms with Gasteiger partial charge in [-0.15, -0.1) is 11.8 Å². The van der Waals surface area contributed by atoms with Crippen LogP contribution in [-0.2, 0) is 9.59 Å². The van der Waals surface area contributed by atoms with Crippen molar-refractivity contribution in [2.45, 2.75) is 17.9 Å². The van der Waals surface area contributed by atoms with E-state index < -0.39 is 24.6 Å². The number of halogens is 1. The average molecular weight is 271 g/mol. The molecule has 98 valence electrons. The fourth-order valence-corrected chi connectivity index (χ4v) is 1.90. The van der Waals surface area contributed by atoms with E-state index in [2.05, 4.69) is 5.32 Å². The zero-order valence-corrected chi connectivity index (χ0v) is 10.7. The van der Waals surface area contributed by atoms with Gasteiger partial charge < -0.3 is 10.4 Å². The van der Waals surface area contributed by atoms with Crippen molar-refractivity contribution < 1.29 is 19.1 Å². The summed E-state index contributed by atoms with van der Waals surface area (Å²) in [5.74, 6) is -1.80. The van der Waals surface area contributed by atoms with E-state index in [4.69, 9.17) is 5.11 Å². The lowest BCUT2D eigenvalue weighted by atomic mass is 10.2. The van der Waals surface area contributed by atoms with Crippen LogP contribution >= 0.6 is 11.8 Å². The molecule has 1 aromatic carbocycles. The monoisotopic (exact) mass is 271 g/mol. The number of carbonyl (C=O) groups is 2. The quantitative estimate of drug-likeness (QED) is 0.772. The Morgan fingerprint density at radius 3 is 2.50 bits per heavy atom. The largest absolute Gasteiger partial charge is 0.480 e. The minimum atomic E-state index is -1.46. The molecule has 1 aromatic rings. The Morgan fingerprint density at radius 2 is 2.00 bits per heavy atom. The van der Waals surface area contributed by atoms with E-state index in [-0.39, 0.29) is 5.75 Å². The smallest absolute Gasteiger partial charge is 0.328 e. The van der Waals surface area contributed by atoms with Gasteiger partial charge in [-0.2, -0.15) is 0 Å². The molecule has 1 amide bonds. The number of carbonyl (C=O) groups excluding carboxylic acids is 1. The molecule has 0 spiro atoms. The molecule has 6 heteroatoms. The van der Waals surface area contributed by atoms with Crippen molar-refractivity contribution in [3.05, 3.63) is 29.8 Å². The summed E-state index contributed by atoms with van der Waals surface area (Å²) in [4.78, 5) is 22.8. The van der Waals surface area contributed by atoms with Crippen LogP contribution in [0.25, 0.3) is 0 Å². The highest BCUT2D eigenvalue weighted by Crippen LogP contribution is 2.17. The standard InChI is InChI=1S/C12H14FNO3S/c1-8-2-4-9(5-3-8)18-7-11(15)14-10(6-13)12(16)17/h2-5,10H,6-7H2,1H3,(H,14,15)(H,16,17). The van der Waals surface area contributed by atoms with Gasteiger partial charge in [-0.25, -0.2) is 9.18 Å². The highest BCUT2D eigenvalue weighted by atomic mass is 32.2. The molecule has 18 heavy (non-hydrogen) atoms. The van der Waals surface area contributed by atoms with Crippen LogP contribution in [0.5, 0.6) is 0 Å². The van der Waals surface area contributed by atoms with Crippen LogP contribution < -0.4 is 5.32 Å². The topological polar surface area (TPSA) is 66.4 Å². The lowest BCUT2D eigenvalue weighted by Crippen LogP contribution is -2.43.